The van der Waals surface area contributed by atoms with Crippen molar-refractivity contribution < 1.29 is 13.2 Å². The second-order valence-corrected chi connectivity index (χ2v) is 10.4. The first-order valence-corrected chi connectivity index (χ1v) is 11.9. The molecule has 2 aromatic rings. The molecule has 28 heavy (non-hydrogen) atoms. The van der Waals surface area contributed by atoms with Gasteiger partial charge in [0.05, 0.1) is 4.34 Å². The predicted molar refractivity (Wildman–Crippen MR) is 114 cm³/mol. The van der Waals surface area contributed by atoms with E-state index in [0.29, 0.717) is 23.0 Å². The molecule has 1 aliphatic heterocycles. The van der Waals surface area contributed by atoms with Gasteiger partial charge in [-0.1, -0.05) is 11.6 Å². The van der Waals surface area contributed by atoms with Crippen molar-refractivity contribution in [1.29, 1.82) is 0 Å². The minimum atomic E-state index is -3.55. The Morgan fingerprint density at radius 3 is 2.14 bits per heavy atom. The number of thiophene rings is 1. The highest BCUT2D eigenvalue weighted by Crippen LogP contribution is 2.28. The average Bonchev–Trinajstić information content (AvgIpc) is 3.16. The van der Waals surface area contributed by atoms with Crippen LogP contribution >= 0.6 is 22.9 Å². The average molecular weight is 442 g/mol. The second kappa shape index (κ2) is 8.82. The maximum Gasteiger partial charge on any atom is 0.253 e. The maximum atomic E-state index is 12.8. The minimum absolute atomic E-state index is 0.0673. The highest BCUT2D eigenvalue weighted by Gasteiger charge is 2.31. The summed E-state index contributed by atoms with van der Waals surface area (Å²) in [4.78, 5) is 16.7. The molecule has 1 aliphatic rings. The largest absolute Gasteiger partial charge is 0.372 e. The van der Waals surface area contributed by atoms with Crippen LogP contribution in [-0.4, -0.2) is 62.8 Å². The zero-order valence-corrected chi connectivity index (χ0v) is 18.4. The van der Waals surface area contributed by atoms with Crippen molar-refractivity contribution in [3.05, 3.63) is 46.3 Å². The molecule has 0 spiro atoms. The Kier molecular flexibility index (Phi) is 6.65. The SMILES string of the molecule is CCN(CC)c1ccc(C(=O)N2CCN(S(=O)(=O)c3ccc(Cl)s3)CC2)cc1. The van der Waals surface area contributed by atoms with Crippen LogP contribution in [0.15, 0.2) is 40.6 Å². The Hall–Kier alpha value is -1.61. The fraction of sp³-hybridized carbons (Fsp3) is 0.421. The molecule has 9 heteroatoms. The number of nitrogens with zero attached hydrogens (tertiary/aromatic N) is 3. The molecule has 0 radical (unpaired) electrons. The van der Waals surface area contributed by atoms with Gasteiger partial charge in [0.15, 0.2) is 0 Å². The number of piperazine rings is 1. The van der Waals surface area contributed by atoms with E-state index in [-0.39, 0.29) is 23.2 Å². The van der Waals surface area contributed by atoms with Gasteiger partial charge in [-0.15, -0.1) is 11.3 Å². The number of hydrogen-bond acceptors (Lipinski definition) is 5. The summed E-state index contributed by atoms with van der Waals surface area (Å²) in [6.07, 6.45) is 0. The standard InChI is InChI=1S/C19H24ClN3O3S2/c1-3-21(4-2)16-7-5-15(6-8-16)19(24)22-11-13-23(14-12-22)28(25,26)18-10-9-17(20)27-18/h5-10H,3-4,11-14H2,1-2H3. The number of hydrogen-bond donors (Lipinski definition) is 0. The number of carbonyl (C=O) groups excluding carboxylic acids is 1. The van der Waals surface area contributed by atoms with Crippen molar-refractivity contribution >= 4 is 44.6 Å². The molecule has 1 amide bonds. The highest BCUT2D eigenvalue weighted by molar-refractivity contribution is 7.91. The van der Waals surface area contributed by atoms with Gasteiger partial charge in [-0.2, -0.15) is 4.31 Å². The monoisotopic (exact) mass is 441 g/mol. The molecule has 1 aromatic heterocycles. The van der Waals surface area contributed by atoms with Gasteiger partial charge >= 0.3 is 0 Å². The lowest BCUT2D eigenvalue weighted by atomic mass is 10.1. The molecule has 0 saturated carbocycles. The molecule has 1 aromatic carbocycles. The fourth-order valence-corrected chi connectivity index (χ4v) is 6.34. The van der Waals surface area contributed by atoms with Gasteiger partial charge in [0.1, 0.15) is 4.21 Å². The lowest BCUT2D eigenvalue weighted by Gasteiger charge is -2.33. The van der Waals surface area contributed by atoms with E-state index >= 15 is 0 Å². The summed E-state index contributed by atoms with van der Waals surface area (Å²) < 4.78 is 27.5. The van der Waals surface area contributed by atoms with Crippen molar-refractivity contribution in [2.24, 2.45) is 0 Å². The smallest absolute Gasteiger partial charge is 0.253 e. The van der Waals surface area contributed by atoms with Crippen LogP contribution in [0.25, 0.3) is 0 Å². The van der Waals surface area contributed by atoms with E-state index in [1.807, 2.05) is 24.3 Å². The topological polar surface area (TPSA) is 60.9 Å². The molecular weight excluding hydrogens is 418 g/mol. The molecule has 1 fully saturated rings. The Bertz CT molecular complexity index is 916. The summed E-state index contributed by atoms with van der Waals surface area (Å²) in [5, 5.41) is 0. The molecule has 6 nitrogen and oxygen atoms in total. The van der Waals surface area contributed by atoms with Crippen molar-refractivity contribution in [2.45, 2.75) is 18.1 Å². The van der Waals surface area contributed by atoms with E-state index in [2.05, 4.69) is 18.7 Å². The van der Waals surface area contributed by atoms with Crippen LogP contribution in [0.1, 0.15) is 24.2 Å². The summed E-state index contributed by atoms with van der Waals surface area (Å²) >= 11 is 6.92. The van der Waals surface area contributed by atoms with Crippen LogP contribution in [0.5, 0.6) is 0 Å². The van der Waals surface area contributed by atoms with Gasteiger partial charge in [-0.3, -0.25) is 4.79 Å². The Balaban J connectivity index is 1.64. The molecule has 0 aliphatic carbocycles. The third kappa shape index (κ3) is 4.35. The Morgan fingerprint density at radius 1 is 1.04 bits per heavy atom. The van der Waals surface area contributed by atoms with E-state index in [0.717, 1.165) is 30.1 Å². The van der Waals surface area contributed by atoms with E-state index in [1.54, 1.807) is 11.0 Å². The second-order valence-electron chi connectivity index (χ2n) is 6.47. The number of sulfonamides is 1. The van der Waals surface area contributed by atoms with Crippen LogP contribution in [0.3, 0.4) is 0 Å². The number of anilines is 1. The molecule has 0 unspecified atom stereocenters. The molecule has 152 valence electrons. The van der Waals surface area contributed by atoms with Gasteiger partial charge < -0.3 is 9.80 Å². The molecule has 0 N–H and O–H groups in total. The molecule has 1 saturated heterocycles. The van der Waals surface area contributed by atoms with Crippen LogP contribution in [0.4, 0.5) is 5.69 Å². The summed E-state index contributed by atoms with van der Waals surface area (Å²) in [6.45, 7) is 7.32. The van der Waals surface area contributed by atoms with E-state index in [9.17, 15) is 13.2 Å². The first-order chi connectivity index (χ1) is 13.4. The van der Waals surface area contributed by atoms with E-state index in [1.165, 1.54) is 10.4 Å². The van der Waals surface area contributed by atoms with Gasteiger partial charge in [0.25, 0.3) is 15.9 Å². The maximum absolute atomic E-state index is 12.8. The van der Waals surface area contributed by atoms with Gasteiger partial charge in [-0.25, -0.2) is 8.42 Å². The van der Waals surface area contributed by atoms with Crippen LogP contribution in [0.2, 0.25) is 4.34 Å². The number of halogens is 1. The summed E-state index contributed by atoms with van der Waals surface area (Å²) in [5.74, 6) is -0.0673. The predicted octanol–water partition coefficient (Wildman–Crippen LogP) is 3.39. The highest BCUT2D eigenvalue weighted by atomic mass is 35.5. The zero-order chi connectivity index (χ0) is 20.3. The fourth-order valence-electron chi connectivity index (χ4n) is 3.28. The van der Waals surface area contributed by atoms with Gasteiger partial charge in [0.2, 0.25) is 0 Å². The number of benzene rings is 1. The van der Waals surface area contributed by atoms with Crippen LogP contribution < -0.4 is 4.90 Å². The number of rotatable bonds is 6. The normalized spacial score (nSPS) is 15.6. The Morgan fingerprint density at radius 2 is 1.64 bits per heavy atom. The van der Waals surface area contributed by atoms with E-state index in [4.69, 9.17) is 11.6 Å². The van der Waals surface area contributed by atoms with Crippen molar-refractivity contribution in [3.63, 3.8) is 0 Å². The molecule has 2 heterocycles. The summed E-state index contributed by atoms with van der Waals surface area (Å²) in [6, 6.07) is 10.7. The van der Waals surface area contributed by atoms with Crippen molar-refractivity contribution in [2.75, 3.05) is 44.2 Å². The van der Waals surface area contributed by atoms with E-state index < -0.39 is 10.0 Å². The van der Waals surface area contributed by atoms with Crippen LogP contribution in [-0.2, 0) is 10.0 Å². The number of amides is 1. The first-order valence-electron chi connectivity index (χ1n) is 9.26. The zero-order valence-electron chi connectivity index (χ0n) is 16.0. The quantitative estimate of drug-likeness (QED) is 0.689. The Labute approximate surface area is 175 Å². The molecule has 3 rings (SSSR count). The van der Waals surface area contributed by atoms with Crippen molar-refractivity contribution in [3.8, 4) is 0 Å². The summed E-state index contributed by atoms with van der Waals surface area (Å²) in [7, 11) is -3.55. The third-order valence-electron chi connectivity index (χ3n) is 4.91. The minimum Gasteiger partial charge on any atom is -0.372 e. The molecule has 0 bridgehead atoms. The lowest BCUT2D eigenvalue weighted by Crippen LogP contribution is -2.50. The first kappa shape index (κ1) is 21.1. The van der Waals surface area contributed by atoms with Gasteiger partial charge in [0, 0.05) is 50.5 Å². The van der Waals surface area contributed by atoms with Crippen LogP contribution in [0, 0.1) is 0 Å². The van der Waals surface area contributed by atoms with Crippen molar-refractivity contribution in [1.82, 2.24) is 9.21 Å². The lowest BCUT2D eigenvalue weighted by molar-refractivity contribution is 0.0698. The summed E-state index contributed by atoms with van der Waals surface area (Å²) in [5.41, 5.74) is 1.71. The molecular formula is C19H24ClN3O3S2. The van der Waals surface area contributed by atoms with Gasteiger partial charge in [-0.05, 0) is 50.2 Å². The molecule has 0 atom stereocenters. The number of carbonyl (C=O) groups is 1. The third-order valence-corrected chi connectivity index (χ3v) is 8.51.